The van der Waals surface area contributed by atoms with Crippen LogP contribution in [0.1, 0.15) is 26.7 Å². The summed E-state index contributed by atoms with van der Waals surface area (Å²) < 4.78 is 34.5. The smallest absolute Gasteiger partial charge is 0.244 e. The third kappa shape index (κ3) is 3.20. The molecule has 0 radical (unpaired) electrons. The van der Waals surface area contributed by atoms with Crippen molar-refractivity contribution in [2.45, 2.75) is 49.8 Å². The highest BCUT2D eigenvalue weighted by molar-refractivity contribution is 7.89. The van der Waals surface area contributed by atoms with E-state index in [1.165, 1.54) is 12.4 Å². The number of nitrogens with one attached hydrogen (secondary N) is 1. The van der Waals surface area contributed by atoms with Gasteiger partial charge in [-0.2, -0.15) is 5.10 Å². The van der Waals surface area contributed by atoms with Crippen LogP contribution in [0.3, 0.4) is 0 Å². The van der Waals surface area contributed by atoms with E-state index < -0.39 is 15.6 Å². The molecule has 0 spiro atoms. The average Bonchev–Trinajstić information content (AvgIpc) is 2.95. The lowest BCUT2D eigenvalue weighted by Gasteiger charge is -2.28. The Morgan fingerprint density at radius 3 is 3.00 bits per heavy atom. The Morgan fingerprint density at radius 1 is 1.65 bits per heavy atom. The highest BCUT2D eigenvalue weighted by Crippen LogP contribution is 2.27. The molecule has 0 aliphatic carbocycles. The number of rotatable bonds is 6. The topological polar surface area (TPSA) is 99.2 Å². The first-order valence-electron chi connectivity index (χ1n) is 6.75. The van der Waals surface area contributed by atoms with Crippen molar-refractivity contribution >= 4 is 10.0 Å². The van der Waals surface area contributed by atoms with Crippen molar-refractivity contribution in [3.05, 3.63) is 12.4 Å². The van der Waals surface area contributed by atoms with E-state index in [0.29, 0.717) is 26.1 Å². The zero-order valence-electron chi connectivity index (χ0n) is 11.9. The summed E-state index contributed by atoms with van der Waals surface area (Å²) in [5, 5.41) is 4.05. The molecule has 0 amide bonds. The zero-order chi connectivity index (χ0) is 14.8. The van der Waals surface area contributed by atoms with E-state index in [2.05, 4.69) is 9.82 Å². The maximum atomic E-state index is 12.4. The molecule has 1 aromatic rings. The molecule has 1 aromatic heterocycles. The molecule has 1 aliphatic rings. The Labute approximate surface area is 119 Å². The quantitative estimate of drug-likeness (QED) is 0.775. The summed E-state index contributed by atoms with van der Waals surface area (Å²) in [5.74, 6) is 0. The van der Waals surface area contributed by atoms with Crippen LogP contribution in [0.4, 0.5) is 0 Å². The predicted octanol–water partition coefficient (Wildman–Crippen LogP) is 0.0777. The van der Waals surface area contributed by atoms with Crippen LogP contribution in [0.5, 0.6) is 0 Å². The molecule has 3 N–H and O–H groups in total. The van der Waals surface area contributed by atoms with Crippen LogP contribution in [0.15, 0.2) is 17.3 Å². The summed E-state index contributed by atoms with van der Waals surface area (Å²) in [4.78, 5) is 0.176. The maximum Gasteiger partial charge on any atom is 0.244 e. The number of aromatic nitrogens is 2. The standard InChI is InChI=1S/C12H22N4O3S/c1-10-12(2,4-7-19-10)15-20(17,18)11-8-14-16(9-11)6-3-5-13/h8-10,15H,3-7,13H2,1-2H3. The lowest BCUT2D eigenvalue weighted by atomic mass is 9.97. The Kier molecular flexibility index (Phi) is 4.48. The average molecular weight is 302 g/mol. The van der Waals surface area contributed by atoms with E-state index in [1.54, 1.807) is 4.68 Å². The van der Waals surface area contributed by atoms with Crippen LogP contribution < -0.4 is 10.5 Å². The Hall–Kier alpha value is -0.960. The van der Waals surface area contributed by atoms with Crippen molar-refractivity contribution in [1.82, 2.24) is 14.5 Å². The van der Waals surface area contributed by atoms with Crippen LogP contribution >= 0.6 is 0 Å². The van der Waals surface area contributed by atoms with Gasteiger partial charge in [0.2, 0.25) is 10.0 Å². The third-order valence-electron chi connectivity index (χ3n) is 3.77. The number of hydrogen-bond acceptors (Lipinski definition) is 5. The summed E-state index contributed by atoms with van der Waals surface area (Å²) in [7, 11) is -3.58. The molecule has 0 aromatic carbocycles. The van der Waals surface area contributed by atoms with Crippen molar-refractivity contribution in [2.24, 2.45) is 5.73 Å². The van der Waals surface area contributed by atoms with Crippen molar-refractivity contribution in [2.75, 3.05) is 13.2 Å². The molecule has 114 valence electrons. The number of nitrogens with zero attached hydrogens (tertiary/aromatic N) is 2. The van der Waals surface area contributed by atoms with Crippen LogP contribution in [0, 0.1) is 0 Å². The number of nitrogens with two attached hydrogens (primary N) is 1. The normalized spacial score (nSPS) is 27.1. The van der Waals surface area contributed by atoms with Gasteiger partial charge in [-0.1, -0.05) is 0 Å². The first kappa shape index (κ1) is 15.4. The molecular weight excluding hydrogens is 280 g/mol. The molecule has 7 nitrogen and oxygen atoms in total. The number of sulfonamides is 1. The van der Waals surface area contributed by atoms with E-state index in [4.69, 9.17) is 10.5 Å². The van der Waals surface area contributed by atoms with Crippen LogP contribution in [0.25, 0.3) is 0 Å². The van der Waals surface area contributed by atoms with Crippen molar-refractivity contribution in [3.63, 3.8) is 0 Å². The fourth-order valence-corrected chi connectivity index (χ4v) is 3.64. The van der Waals surface area contributed by atoms with Gasteiger partial charge in [0.25, 0.3) is 0 Å². The highest BCUT2D eigenvalue weighted by Gasteiger charge is 2.40. The summed E-state index contributed by atoms with van der Waals surface area (Å²) in [6.45, 7) is 5.47. The van der Waals surface area contributed by atoms with E-state index in [0.717, 1.165) is 6.42 Å². The fraction of sp³-hybridized carbons (Fsp3) is 0.750. The molecule has 0 saturated carbocycles. The monoisotopic (exact) mass is 302 g/mol. The van der Waals surface area contributed by atoms with E-state index >= 15 is 0 Å². The van der Waals surface area contributed by atoms with Crippen LogP contribution in [-0.4, -0.2) is 43.0 Å². The molecule has 1 aliphatic heterocycles. The van der Waals surface area contributed by atoms with Crippen molar-refractivity contribution in [1.29, 1.82) is 0 Å². The molecule has 1 fully saturated rings. The van der Waals surface area contributed by atoms with Gasteiger partial charge in [0.1, 0.15) is 4.90 Å². The number of aryl methyl sites for hydroxylation is 1. The predicted molar refractivity (Wildman–Crippen MR) is 74.7 cm³/mol. The summed E-state index contributed by atoms with van der Waals surface area (Å²) in [5.41, 5.74) is 4.85. The molecular formula is C12H22N4O3S. The second-order valence-electron chi connectivity index (χ2n) is 5.37. The molecule has 2 heterocycles. The molecule has 2 atom stereocenters. The maximum absolute atomic E-state index is 12.4. The van der Waals surface area contributed by atoms with Crippen LogP contribution in [-0.2, 0) is 21.3 Å². The minimum absolute atomic E-state index is 0.149. The lowest BCUT2D eigenvalue weighted by Crippen LogP contribution is -2.50. The van der Waals surface area contributed by atoms with E-state index in [-0.39, 0.29) is 11.0 Å². The summed E-state index contributed by atoms with van der Waals surface area (Å²) in [6.07, 6.45) is 4.17. The fourth-order valence-electron chi connectivity index (χ4n) is 2.19. The molecule has 2 rings (SSSR count). The van der Waals surface area contributed by atoms with Gasteiger partial charge in [0.05, 0.1) is 17.8 Å². The van der Waals surface area contributed by atoms with Crippen LogP contribution in [0.2, 0.25) is 0 Å². The second-order valence-corrected chi connectivity index (χ2v) is 7.05. The molecule has 0 bridgehead atoms. The Bertz CT molecular complexity index is 557. The number of ether oxygens (including phenoxy) is 1. The minimum atomic E-state index is -3.58. The van der Waals surface area contributed by atoms with Gasteiger partial charge in [-0.15, -0.1) is 0 Å². The second kappa shape index (κ2) is 5.80. The van der Waals surface area contributed by atoms with Gasteiger partial charge in [0.15, 0.2) is 0 Å². The van der Waals surface area contributed by atoms with Gasteiger partial charge >= 0.3 is 0 Å². The van der Waals surface area contributed by atoms with Gasteiger partial charge in [-0.3, -0.25) is 4.68 Å². The molecule has 1 saturated heterocycles. The molecule has 2 unspecified atom stereocenters. The third-order valence-corrected chi connectivity index (χ3v) is 5.33. The zero-order valence-corrected chi connectivity index (χ0v) is 12.7. The lowest BCUT2D eigenvalue weighted by molar-refractivity contribution is 0.0957. The van der Waals surface area contributed by atoms with Gasteiger partial charge in [-0.05, 0) is 33.2 Å². The van der Waals surface area contributed by atoms with Gasteiger partial charge < -0.3 is 10.5 Å². The summed E-state index contributed by atoms with van der Waals surface area (Å²) >= 11 is 0. The Balaban J connectivity index is 2.12. The molecule has 20 heavy (non-hydrogen) atoms. The van der Waals surface area contributed by atoms with Gasteiger partial charge in [-0.25, -0.2) is 13.1 Å². The first-order valence-corrected chi connectivity index (χ1v) is 8.24. The minimum Gasteiger partial charge on any atom is -0.376 e. The van der Waals surface area contributed by atoms with Gasteiger partial charge in [0, 0.05) is 19.3 Å². The van der Waals surface area contributed by atoms with E-state index in [1.807, 2.05) is 13.8 Å². The van der Waals surface area contributed by atoms with Crippen molar-refractivity contribution in [3.8, 4) is 0 Å². The largest absolute Gasteiger partial charge is 0.376 e. The molecule has 8 heteroatoms. The van der Waals surface area contributed by atoms with Crippen molar-refractivity contribution < 1.29 is 13.2 Å². The first-order chi connectivity index (χ1) is 9.37. The SMILES string of the molecule is CC1OCCC1(C)NS(=O)(=O)c1cnn(CCCN)c1. The number of hydrogen-bond donors (Lipinski definition) is 2. The Morgan fingerprint density at radius 2 is 2.40 bits per heavy atom. The van der Waals surface area contributed by atoms with E-state index in [9.17, 15) is 8.42 Å². The summed E-state index contributed by atoms with van der Waals surface area (Å²) in [6, 6.07) is 0. The highest BCUT2D eigenvalue weighted by atomic mass is 32.2.